The number of rotatable bonds is 8. The number of thiophene rings is 1. The number of fused-ring (bicyclic) bond motifs is 6. The summed E-state index contributed by atoms with van der Waals surface area (Å²) in [5.41, 5.74) is 15.3. The molecular formula is C63H40N4S. The second-order valence-corrected chi connectivity index (χ2v) is 18.2. The fraction of sp³-hybridized carbons (Fsp3) is 0. The molecule has 0 unspecified atom stereocenters. The second-order valence-electron chi connectivity index (χ2n) is 17.1. The van der Waals surface area contributed by atoms with E-state index in [1.165, 1.54) is 42.0 Å². The fourth-order valence-corrected chi connectivity index (χ4v) is 11.0. The van der Waals surface area contributed by atoms with Crippen LogP contribution in [0.5, 0.6) is 0 Å². The highest BCUT2D eigenvalue weighted by atomic mass is 32.1. The molecule has 4 nitrogen and oxygen atoms in total. The largest absolute Gasteiger partial charge is 0.309 e. The molecule has 5 heteroatoms. The summed E-state index contributed by atoms with van der Waals surface area (Å²) in [6, 6.07) is 86.5. The summed E-state index contributed by atoms with van der Waals surface area (Å²) < 4.78 is 4.91. The minimum Gasteiger partial charge on any atom is -0.309 e. The Kier molecular flexibility index (Phi) is 9.66. The molecule has 0 fully saturated rings. The van der Waals surface area contributed by atoms with Crippen LogP contribution in [0.15, 0.2) is 243 Å². The van der Waals surface area contributed by atoms with Crippen LogP contribution in [0, 0.1) is 0 Å². The van der Waals surface area contributed by atoms with Crippen molar-refractivity contribution in [3.8, 4) is 84.4 Å². The van der Waals surface area contributed by atoms with Crippen LogP contribution >= 0.6 is 11.3 Å². The van der Waals surface area contributed by atoms with Crippen LogP contribution in [0.2, 0.25) is 0 Å². The summed E-state index contributed by atoms with van der Waals surface area (Å²) in [6.45, 7) is 0. The summed E-state index contributed by atoms with van der Waals surface area (Å²) in [7, 11) is 0. The number of aromatic nitrogens is 4. The molecule has 318 valence electrons. The minimum atomic E-state index is 0.609. The highest BCUT2D eigenvalue weighted by Crippen LogP contribution is 2.46. The van der Waals surface area contributed by atoms with Gasteiger partial charge in [-0.1, -0.05) is 194 Å². The average Bonchev–Trinajstić information content (AvgIpc) is 3.95. The molecule has 0 radical (unpaired) electrons. The van der Waals surface area contributed by atoms with Crippen molar-refractivity contribution in [2.24, 2.45) is 0 Å². The first kappa shape index (κ1) is 39.6. The Morgan fingerprint density at radius 1 is 0.279 bits per heavy atom. The predicted octanol–water partition coefficient (Wildman–Crippen LogP) is 17.0. The van der Waals surface area contributed by atoms with E-state index in [0.717, 1.165) is 66.9 Å². The van der Waals surface area contributed by atoms with E-state index in [0.29, 0.717) is 17.5 Å². The summed E-state index contributed by atoms with van der Waals surface area (Å²) in [5.74, 6) is 1.85. The van der Waals surface area contributed by atoms with Gasteiger partial charge < -0.3 is 4.57 Å². The zero-order chi connectivity index (χ0) is 45.0. The fourth-order valence-electron chi connectivity index (χ4n) is 9.91. The van der Waals surface area contributed by atoms with Gasteiger partial charge in [-0.25, -0.2) is 15.0 Å². The first-order valence-electron chi connectivity index (χ1n) is 22.9. The molecule has 0 amide bonds. The van der Waals surface area contributed by atoms with E-state index in [1.807, 2.05) is 47.7 Å². The lowest BCUT2D eigenvalue weighted by Gasteiger charge is -2.19. The molecule has 3 heterocycles. The number of para-hydroxylation sites is 2. The molecule has 3 aromatic heterocycles. The predicted molar refractivity (Wildman–Crippen MR) is 285 cm³/mol. The number of benzene rings is 10. The van der Waals surface area contributed by atoms with E-state index in [-0.39, 0.29) is 0 Å². The zero-order valence-electron chi connectivity index (χ0n) is 36.8. The molecule has 0 aliphatic carbocycles. The Hall–Kier alpha value is -8.77. The van der Waals surface area contributed by atoms with Crippen LogP contribution in [-0.2, 0) is 0 Å². The molecular weight excluding hydrogens is 845 g/mol. The number of hydrogen-bond donors (Lipinski definition) is 0. The van der Waals surface area contributed by atoms with Crippen LogP contribution in [0.4, 0.5) is 0 Å². The Balaban J connectivity index is 1.08. The van der Waals surface area contributed by atoms with Crippen LogP contribution in [-0.4, -0.2) is 19.5 Å². The minimum absolute atomic E-state index is 0.609. The van der Waals surface area contributed by atoms with Gasteiger partial charge in [-0.15, -0.1) is 11.3 Å². The Morgan fingerprint density at radius 3 is 1.44 bits per heavy atom. The smallest absolute Gasteiger partial charge is 0.164 e. The molecule has 0 aliphatic rings. The standard InChI is InChI=1S/C63H40N4S/c1-6-19-41(20-7-1)49-30-18-31-50(42-21-8-2-9-22-42)60(49)46-33-35-48(55(38-46)63-65-61(43-23-10-3-11-24-43)64-62(66-63)44-25-12-4-13-26-44)45-34-36-58-53(37-45)54-39-57-52(40-59(54)68-58)51-29-16-17-32-56(51)67(57)47-27-14-5-15-28-47/h1-40H. The van der Waals surface area contributed by atoms with E-state index in [9.17, 15) is 0 Å². The first-order valence-corrected chi connectivity index (χ1v) is 23.7. The molecule has 0 atom stereocenters. The quantitative estimate of drug-likeness (QED) is 0.153. The van der Waals surface area contributed by atoms with Gasteiger partial charge >= 0.3 is 0 Å². The van der Waals surface area contributed by atoms with Crippen molar-refractivity contribution >= 4 is 53.3 Å². The number of nitrogens with zero attached hydrogens (tertiary/aromatic N) is 4. The number of hydrogen-bond acceptors (Lipinski definition) is 4. The Morgan fingerprint density at radius 2 is 0.809 bits per heavy atom. The van der Waals surface area contributed by atoms with E-state index in [2.05, 4.69) is 211 Å². The van der Waals surface area contributed by atoms with Gasteiger partial charge in [0.25, 0.3) is 0 Å². The summed E-state index contributed by atoms with van der Waals surface area (Å²) >= 11 is 1.85. The normalized spacial score (nSPS) is 11.5. The third-order valence-electron chi connectivity index (χ3n) is 13.1. The molecule has 0 bridgehead atoms. The van der Waals surface area contributed by atoms with Gasteiger partial charge in [0.05, 0.1) is 11.0 Å². The molecule has 10 aromatic carbocycles. The third kappa shape index (κ3) is 6.88. The van der Waals surface area contributed by atoms with Crippen molar-refractivity contribution < 1.29 is 0 Å². The van der Waals surface area contributed by atoms with E-state index in [4.69, 9.17) is 15.0 Å². The van der Waals surface area contributed by atoms with Crippen molar-refractivity contribution in [1.82, 2.24) is 19.5 Å². The average molecular weight is 885 g/mol. The maximum atomic E-state index is 5.35. The Labute approximate surface area is 397 Å². The zero-order valence-corrected chi connectivity index (χ0v) is 37.6. The lowest BCUT2D eigenvalue weighted by atomic mass is 9.85. The van der Waals surface area contributed by atoms with Crippen molar-refractivity contribution in [3.05, 3.63) is 243 Å². The summed E-state index contributed by atoms with van der Waals surface area (Å²) in [4.78, 5) is 15.8. The van der Waals surface area contributed by atoms with Crippen molar-refractivity contribution in [2.75, 3.05) is 0 Å². The highest BCUT2D eigenvalue weighted by molar-refractivity contribution is 7.25. The van der Waals surface area contributed by atoms with E-state index in [1.54, 1.807) is 0 Å². The molecule has 13 aromatic rings. The molecule has 0 saturated heterocycles. The van der Waals surface area contributed by atoms with Gasteiger partial charge in [0.2, 0.25) is 0 Å². The monoisotopic (exact) mass is 884 g/mol. The lowest BCUT2D eigenvalue weighted by Crippen LogP contribution is -2.01. The van der Waals surface area contributed by atoms with Crippen LogP contribution < -0.4 is 0 Å². The molecule has 68 heavy (non-hydrogen) atoms. The maximum Gasteiger partial charge on any atom is 0.164 e. The van der Waals surface area contributed by atoms with Crippen molar-refractivity contribution in [2.45, 2.75) is 0 Å². The molecule has 0 N–H and O–H groups in total. The maximum absolute atomic E-state index is 5.35. The van der Waals surface area contributed by atoms with Crippen LogP contribution in [0.25, 0.3) is 126 Å². The van der Waals surface area contributed by atoms with Gasteiger partial charge in [-0.3, -0.25) is 0 Å². The van der Waals surface area contributed by atoms with E-state index >= 15 is 0 Å². The topological polar surface area (TPSA) is 43.6 Å². The lowest BCUT2D eigenvalue weighted by molar-refractivity contribution is 1.07. The van der Waals surface area contributed by atoms with Gasteiger partial charge in [-0.2, -0.15) is 0 Å². The molecule has 13 rings (SSSR count). The van der Waals surface area contributed by atoms with Gasteiger partial charge in [0.1, 0.15) is 0 Å². The molecule has 0 saturated carbocycles. The Bertz CT molecular complexity index is 3880. The SMILES string of the molecule is c1ccc(-c2nc(-c3ccccc3)nc(-c3cc(-c4c(-c5ccccc5)cccc4-c4ccccc4)ccc3-c3ccc4sc5cc6c7ccccc7n(-c7ccccc7)c6cc5c4c3)n2)cc1. The van der Waals surface area contributed by atoms with Crippen LogP contribution in [0.3, 0.4) is 0 Å². The van der Waals surface area contributed by atoms with Crippen LogP contribution in [0.1, 0.15) is 0 Å². The summed E-state index contributed by atoms with van der Waals surface area (Å²) in [5, 5.41) is 4.96. The van der Waals surface area contributed by atoms with E-state index < -0.39 is 0 Å². The molecule has 0 spiro atoms. The summed E-state index contributed by atoms with van der Waals surface area (Å²) in [6.07, 6.45) is 0. The van der Waals surface area contributed by atoms with Crippen molar-refractivity contribution in [1.29, 1.82) is 0 Å². The van der Waals surface area contributed by atoms with Gasteiger partial charge in [0.15, 0.2) is 17.5 Å². The third-order valence-corrected chi connectivity index (χ3v) is 14.2. The first-order chi connectivity index (χ1) is 33.7. The van der Waals surface area contributed by atoms with Gasteiger partial charge in [0, 0.05) is 53.3 Å². The second kappa shape index (κ2) is 16.6. The van der Waals surface area contributed by atoms with Crippen molar-refractivity contribution in [3.63, 3.8) is 0 Å². The molecule has 0 aliphatic heterocycles. The van der Waals surface area contributed by atoms with Gasteiger partial charge in [-0.05, 0) is 93.0 Å². The highest BCUT2D eigenvalue weighted by Gasteiger charge is 2.22.